The molecular weight excluding hydrogens is 196 g/mol. The summed E-state index contributed by atoms with van der Waals surface area (Å²) in [6.45, 7) is 3.46. The van der Waals surface area contributed by atoms with Crippen molar-refractivity contribution < 1.29 is 14.3 Å². The van der Waals surface area contributed by atoms with Crippen molar-refractivity contribution in [2.75, 3.05) is 19.7 Å². The van der Waals surface area contributed by atoms with E-state index in [1.165, 1.54) is 0 Å². The molecule has 2 rings (SSSR count). The molecule has 0 aliphatic carbocycles. The number of rotatable bonds is 2. The first-order valence-corrected chi connectivity index (χ1v) is 5.41. The molecule has 2 saturated heterocycles. The first-order valence-electron chi connectivity index (χ1n) is 5.41. The third-order valence-electron chi connectivity index (χ3n) is 3.15. The van der Waals surface area contributed by atoms with Crippen LogP contribution in [0.25, 0.3) is 0 Å². The highest BCUT2D eigenvalue weighted by Crippen LogP contribution is 2.28. The Morgan fingerprint density at radius 2 is 2.40 bits per heavy atom. The summed E-state index contributed by atoms with van der Waals surface area (Å²) in [7, 11) is 0. The highest BCUT2D eigenvalue weighted by Gasteiger charge is 2.45. The fourth-order valence-corrected chi connectivity index (χ4v) is 2.42. The Bertz CT molecular complexity index is 280. The third kappa shape index (κ3) is 1.84. The van der Waals surface area contributed by atoms with Gasteiger partial charge in [-0.05, 0) is 19.9 Å². The highest BCUT2D eigenvalue weighted by molar-refractivity contribution is 5.84. The number of nitrogens with one attached hydrogen (secondary N) is 2. The van der Waals surface area contributed by atoms with Gasteiger partial charge in [-0.25, -0.2) is 0 Å². The van der Waals surface area contributed by atoms with Crippen LogP contribution in [-0.2, 0) is 14.3 Å². The second-order valence-electron chi connectivity index (χ2n) is 3.99. The van der Waals surface area contributed by atoms with Crippen molar-refractivity contribution in [3.8, 4) is 0 Å². The zero-order chi connectivity index (χ0) is 10.8. The molecule has 2 aliphatic rings. The normalized spacial score (nSPS) is 34.5. The number of carbonyl (C=O) groups is 2. The van der Waals surface area contributed by atoms with Gasteiger partial charge in [0.2, 0.25) is 5.91 Å². The van der Waals surface area contributed by atoms with Crippen LogP contribution < -0.4 is 10.6 Å². The molecule has 0 aromatic heterocycles. The quantitative estimate of drug-likeness (QED) is 0.592. The summed E-state index contributed by atoms with van der Waals surface area (Å²) in [5, 5.41) is 5.93. The van der Waals surface area contributed by atoms with E-state index in [4.69, 9.17) is 4.74 Å². The van der Waals surface area contributed by atoms with E-state index in [9.17, 15) is 9.59 Å². The molecule has 0 bridgehead atoms. The maximum Gasteiger partial charge on any atom is 0.323 e. The van der Waals surface area contributed by atoms with Gasteiger partial charge in [0.1, 0.15) is 6.04 Å². The Kier molecular flexibility index (Phi) is 2.90. The van der Waals surface area contributed by atoms with Crippen LogP contribution in [0.3, 0.4) is 0 Å². The van der Waals surface area contributed by atoms with E-state index in [1.54, 1.807) is 6.92 Å². The average molecular weight is 212 g/mol. The minimum absolute atomic E-state index is 0.0133. The molecule has 15 heavy (non-hydrogen) atoms. The fourth-order valence-electron chi connectivity index (χ4n) is 2.42. The van der Waals surface area contributed by atoms with Crippen molar-refractivity contribution in [1.29, 1.82) is 0 Å². The van der Waals surface area contributed by atoms with Gasteiger partial charge in [0, 0.05) is 18.4 Å². The molecule has 0 aromatic carbocycles. The van der Waals surface area contributed by atoms with Gasteiger partial charge in [0.15, 0.2) is 0 Å². The molecule has 84 valence electrons. The van der Waals surface area contributed by atoms with Gasteiger partial charge in [-0.3, -0.25) is 9.59 Å². The zero-order valence-electron chi connectivity index (χ0n) is 8.79. The number of ether oxygens (including phenoxy) is 1. The molecule has 2 N–H and O–H groups in total. The number of fused-ring (bicyclic) bond motifs is 1. The summed E-state index contributed by atoms with van der Waals surface area (Å²) in [4.78, 5) is 23.1. The van der Waals surface area contributed by atoms with Crippen molar-refractivity contribution in [2.24, 2.45) is 11.8 Å². The fraction of sp³-hybridized carbons (Fsp3) is 0.800. The van der Waals surface area contributed by atoms with Crippen molar-refractivity contribution in [3.05, 3.63) is 0 Å². The lowest BCUT2D eigenvalue weighted by molar-refractivity contribution is -0.148. The Morgan fingerprint density at radius 3 is 3.13 bits per heavy atom. The summed E-state index contributed by atoms with van der Waals surface area (Å²) in [6, 6.07) is -0.317. The second kappa shape index (κ2) is 4.18. The molecule has 5 nitrogen and oxygen atoms in total. The molecule has 0 aromatic rings. The van der Waals surface area contributed by atoms with E-state index >= 15 is 0 Å². The van der Waals surface area contributed by atoms with E-state index in [2.05, 4.69) is 10.6 Å². The highest BCUT2D eigenvalue weighted by atomic mass is 16.5. The first-order chi connectivity index (χ1) is 7.24. The maximum absolute atomic E-state index is 11.6. The van der Waals surface area contributed by atoms with E-state index in [0.29, 0.717) is 19.7 Å². The number of hydrogen-bond donors (Lipinski definition) is 2. The van der Waals surface area contributed by atoms with E-state index in [-0.39, 0.29) is 29.8 Å². The monoisotopic (exact) mass is 212 g/mol. The Hall–Kier alpha value is -1.10. The molecule has 1 amide bonds. The smallest absolute Gasteiger partial charge is 0.323 e. The maximum atomic E-state index is 11.6. The van der Waals surface area contributed by atoms with Gasteiger partial charge in [-0.15, -0.1) is 0 Å². The van der Waals surface area contributed by atoms with Gasteiger partial charge in [0.25, 0.3) is 0 Å². The van der Waals surface area contributed by atoms with Crippen molar-refractivity contribution in [2.45, 2.75) is 19.4 Å². The summed E-state index contributed by atoms with van der Waals surface area (Å²) in [5.74, 6) is -0.106. The molecule has 3 unspecified atom stereocenters. The summed E-state index contributed by atoms with van der Waals surface area (Å²) >= 11 is 0. The van der Waals surface area contributed by atoms with Crippen LogP contribution >= 0.6 is 0 Å². The largest absolute Gasteiger partial charge is 0.465 e. The van der Waals surface area contributed by atoms with E-state index in [0.717, 1.165) is 6.42 Å². The lowest BCUT2D eigenvalue weighted by Crippen LogP contribution is -2.51. The minimum atomic E-state index is -0.317. The van der Waals surface area contributed by atoms with Crippen LogP contribution in [0, 0.1) is 11.8 Å². The van der Waals surface area contributed by atoms with Gasteiger partial charge in [-0.1, -0.05) is 0 Å². The van der Waals surface area contributed by atoms with Gasteiger partial charge in [-0.2, -0.15) is 0 Å². The lowest BCUT2D eigenvalue weighted by atomic mass is 9.83. The van der Waals surface area contributed by atoms with Crippen LogP contribution in [-0.4, -0.2) is 37.6 Å². The second-order valence-corrected chi connectivity index (χ2v) is 3.99. The Morgan fingerprint density at radius 1 is 1.60 bits per heavy atom. The van der Waals surface area contributed by atoms with Crippen molar-refractivity contribution >= 4 is 11.9 Å². The van der Waals surface area contributed by atoms with Gasteiger partial charge >= 0.3 is 5.97 Å². The van der Waals surface area contributed by atoms with E-state index in [1.807, 2.05) is 0 Å². The van der Waals surface area contributed by atoms with Gasteiger partial charge < -0.3 is 15.4 Å². The molecule has 2 fully saturated rings. The molecule has 0 radical (unpaired) electrons. The number of hydrogen-bond acceptors (Lipinski definition) is 4. The van der Waals surface area contributed by atoms with Crippen LogP contribution in [0.2, 0.25) is 0 Å². The predicted molar refractivity (Wildman–Crippen MR) is 53.0 cm³/mol. The van der Waals surface area contributed by atoms with Crippen molar-refractivity contribution in [1.82, 2.24) is 10.6 Å². The third-order valence-corrected chi connectivity index (χ3v) is 3.15. The average Bonchev–Trinajstić information content (AvgIpc) is 2.61. The number of carbonyl (C=O) groups excluding carboxylic acids is 2. The molecule has 2 aliphatic heterocycles. The van der Waals surface area contributed by atoms with Crippen LogP contribution in [0.15, 0.2) is 0 Å². The number of esters is 1. The first kappa shape index (κ1) is 10.4. The predicted octanol–water partition coefficient (Wildman–Crippen LogP) is -0.726. The topological polar surface area (TPSA) is 67.4 Å². The Labute approximate surface area is 88.5 Å². The van der Waals surface area contributed by atoms with Crippen LogP contribution in [0.4, 0.5) is 0 Å². The molecule has 5 heteroatoms. The molecular formula is C10H16N2O3. The summed E-state index contributed by atoms with van der Waals surface area (Å²) < 4.78 is 4.98. The number of piperidine rings is 1. The minimum Gasteiger partial charge on any atom is -0.465 e. The molecule has 2 heterocycles. The zero-order valence-corrected chi connectivity index (χ0v) is 8.79. The molecule has 0 spiro atoms. The van der Waals surface area contributed by atoms with Crippen molar-refractivity contribution in [3.63, 3.8) is 0 Å². The molecule has 0 saturated carbocycles. The standard InChI is InChI=1S/C10H16N2O3/c1-2-15-10(14)8-7-5-12-9(13)6(7)3-4-11-8/h6-8,11H,2-5H2,1H3,(H,12,13). The molecule has 3 atom stereocenters. The summed E-state index contributed by atoms with van der Waals surface area (Å²) in [5.41, 5.74) is 0. The van der Waals surface area contributed by atoms with Crippen LogP contribution in [0.1, 0.15) is 13.3 Å². The van der Waals surface area contributed by atoms with Crippen LogP contribution in [0.5, 0.6) is 0 Å². The Balaban J connectivity index is 2.06. The lowest BCUT2D eigenvalue weighted by Gasteiger charge is -2.30. The summed E-state index contributed by atoms with van der Waals surface area (Å²) in [6.07, 6.45) is 0.812. The number of amides is 1. The van der Waals surface area contributed by atoms with E-state index < -0.39 is 0 Å². The van der Waals surface area contributed by atoms with Gasteiger partial charge in [0.05, 0.1) is 6.61 Å². The SMILES string of the molecule is CCOC(=O)C1NCCC2C(=O)NCC21.